The molecule has 0 bridgehead atoms. The molecule has 0 radical (unpaired) electrons. The Balaban J connectivity index is 1.92. The van der Waals surface area contributed by atoms with Crippen molar-refractivity contribution in [2.24, 2.45) is 5.92 Å². The fourth-order valence-electron chi connectivity index (χ4n) is 2.30. The van der Waals surface area contributed by atoms with Crippen LogP contribution in [0.2, 0.25) is 0 Å². The highest BCUT2D eigenvalue weighted by Crippen LogP contribution is 2.26. The predicted octanol–water partition coefficient (Wildman–Crippen LogP) is 2.17. The fraction of sp³-hybridized carbons (Fsp3) is 0.533. The molecule has 0 spiro atoms. The van der Waals surface area contributed by atoms with Crippen LogP contribution in [0.5, 0.6) is 0 Å². The van der Waals surface area contributed by atoms with Gasteiger partial charge in [-0.05, 0) is 25.3 Å². The molecule has 1 fully saturated rings. The standard InChI is InChI=1S/C15H20O4/c1-11(14(16)17-2)19-15-13(8-9-18-15)10-12-6-4-3-5-7-12/h3-7,11,13,15H,8-10H2,1-2H3/t11-,13-,15-/m0/s1. The summed E-state index contributed by atoms with van der Waals surface area (Å²) in [5.74, 6) is -0.0801. The number of benzene rings is 1. The van der Waals surface area contributed by atoms with Gasteiger partial charge in [0.2, 0.25) is 0 Å². The molecule has 0 unspecified atom stereocenters. The van der Waals surface area contributed by atoms with E-state index in [9.17, 15) is 4.79 Å². The zero-order valence-corrected chi connectivity index (χ0v) is 11.4. The van der Waals surface area contributed by atoms with Crippen LogP contribution in [0.15, 0.2) is 30.3 Å². The maximum absolute atomic E-state index is 11.4. The lowest BCUT2D eigenvalue weighted by atomic mass is 9.97. The molecule has 4 nitrogen and oxygen atoms in total. The van der Waals surface area contributed by atoms with Crippen LogP contribution in [0.4, 0.5) is 0 Å². The Morgan fingerprint density at radius 3 is 2.84 bits per heavy atom. The van der Waals surface area contributed by atoms with E-state index in [-0.39, 0.29) is 18.2 Å². The Hall–Kier alpha value is -1.39. The molecule has 0 aliphatic carbocycles. The van der Waals surface area contributed by atoms with E-state index in [1.807, 2.05) is 18.2 Å². The molecular weight excluding hydrogens is 244 g/mol. The highest BCUT2D eigenvalue weighted by molar-refractivity contribution is 5.73. The van der Waals surface area contributed by atoms with Gasteiger partial charge in [0.25, 0.3) is 0 Å². The van der Waals surface area contributed by atoms with Crippen molar-refractivity contribution in [3.63, 3.8) is 0 Å². The Kier molecular flexibility index (Phi) is 4.93. The average Bonchev–Trinajstić information content (AvgIpc) is 2.86. The van der Waals surface area contributed by atoms with Crippen molar-refractivity contribution in [1.29, 1.82) is 0 Å². The van der Waals surface area contributed by atoms with Crippen LogP contribution in [-0.4, -0.2) is 32.1 Å². The normalized spacial score (nSPS) is 24.1. The molecule has 19 heavy (non-hydrogen) atoms. The molecule has 0 saturated carbocycles. The summed E-state index contributed by atoms with van der Waals surface area (Å²) < 4.78 is 15.9. The van der Waals surface area contributed by atoms with Crippen LogP contribution < -0.4 is 0 Å². The molecule has 0 aromatic heterocycles. The zero-order valence-electron chi connectivity index (χ0n) is 11.4. The van der Waals surface area contributed by atoms with Gasteiger partial charge in [-0.2, -0.15) is 0 Å². The van der Waals surface area contributed by atoms with Gasteiger partial charge in [0, 0.05) is 5.92 Å². The van der Waals surface area contributed by atoms with Gasteiger partial charge in [-0.3, -0.25) is 0 Å². The molecule has 2 rings (SSSR count). The summed E-state index contributed by atoms with van der Waals surface area (Å²) in [6.45, 7) is 2.36. The summed E-state index contributed by atoms with van der Waals surface area (Å²) in [5.41, 5.74) is 1.26. The van der Waals surface area contributed by atoms with Gasteiger partial charge >= 0.3 is 5.97 Å². The number of carbonyl (C=O) groups is 1. The molecule has 1 saturated heterocycles. The third-order valence-electron chi connectivity index (χ3n) is 3.37. The molecule has 3 atom stereocenters. The van der Waals surface area contributed by atoms with Gasteiger partial charge in [0.1, 0.15) is 0 Å². The summed E-state index contributed by atoms with van der Waals surface area (Å²) in [5, 5.41) is 0. The fourth-order valence-corrected chi connectivity index (χ4v) is 2.30. The molecule has 1 aromatic rings. The zero-order chi connectivity index (χ0) is 13.7. The minimum absolute atomic E-state index is 0.287. The summed E-state index contributed by atoms with van der Waals surface area (Å²) >= 11 is 0. The monoisotopic (exact) mass is 264 g/mol. The van der Waals surface area contributed by atoms with Crippen molar-refractivity contribution < 1.29 is 19.0 Å². The molecule has 0 N–H and O–H groups in total. The molecule has 0 amide bonds. The van der Waals surface area contributed by atoms with Crippen LogP contribution in [0, 0.1) is 5.92 Å². The van der Waals surface area contributed by atoms with E-state index in [1.54, 1.807) is 6.92 Å². The first kappa shape index (κ1) is 14.0. The molecule has 104 valence electrons. The van der Waals surface area contributed by atoms with Crippen LogP contribution in [0.25, 0.3) is 0 Å². The van der Waals surface area contributed by atoms with E-state index >= 15 is 0 Å². The summed E-state index contributed by atoms with van der Waals surface area (Å²) in [7, 11) is 1.36. The van der Waals surface area contributed by atoms with Crippen LogP contribution in [0.3, 0.4) is 0 Å². The van der Waals surface area contributed by atoms with Gasteiger partial charge in [-0.25, -0.2) is 4.79 Å². The largest absolute Gasteiger partial charge is 0.467 e. The Labute approximate surface area is 113 Å². The number of methoxy groups -OCH3 is 1. The number of rotatable bonds is 5. The third-order valence-corrected chi connectivity index (χ3v) is 3.37. The number of esters is 1. The topological polar surface area (TPSA) is 44.8 Å². The summed E-state index contributed by atoms with van der Waals surface area (Å²) in [6.07, 6.45) is 0.938. The molecule has 1 aliphatic heterocycles. The van der Waals surface area contributed by atoms with E-state index < -0.39 is 6.10 Å². The highest BCUT2D eigenvalue weighted by Gasteiger charge is 2.32. The molecule has 4 heteroatoms. The highest BCUT2D eigenvalue weighted by atomic mass is 16.7. The first-order chi connectivity index (χ1) is 9.20. The number of hydrogen-bond acceptors (Lipinski definition) is 4. The minimum Gasteiger partial charge on any atom is -0.467 e. The first-order valence-corrected chi connectivity index (χ1v) is 6.59. The van der Waals surface area contributed by atoms with Crippen molar-refractivity contribution in [2.75, 3.05) is 13.7 Å². The van der Waals surface area contributed by atoms with Crippen molar-refractivity contribution in [2.45, 2.75) is 32.2 Å². The van der Waals surface area contributed by atoms with E-state index in [0.29, 0.717) is 6.61 Å². The van der Waals surface area contributed by atoms with Gasteiger partial charge in [0.15, 0.2) is 12.4 Å². The van der Waals surface area contributed by atoms with E-state index in [1.165, 1.54) is 12.7 Å². The summed E-state index contributed by atoms with van der Waals surface area (Å²) in [4.78, 5) is 11.4. The van der Waals surface area contributed by atoms with Crippen molar-refractivity contribution in [3.8, 4) is 0 Å². The molecular formula is C15H20O4. The van der Waals surface area contributed by atoms with Gasteiger partial charge in [-0.15, -0.1) is 0 Å². The van der Waals surface area contributed by atoms with E-state index in [4.69, 9.17) is 9.47 Å². The second-order valence-corrected chi connectivity index (χ2v) is 4.78. The summed E-state index contributed by atoms with van der Waals surface area (Å²) in [6, 6.07) is 10.2. The second-order valence-electron chi connectivity index (χ2n) is 4.78. The maximum atomic E-state index is 11.4. The quantitative estimate of drug-likeness (QED) is 0.765. The van der Waals surface area contributed by atoms with Crippen LogP contribution in [0.1, 0.15) is 18.9 Å². The molecule has 1 heterocycles. The van der Waals surface area contributed by atoms with Crippen molar-refractivity contribution in [3.05, 3.63) is 35.9 Å². The lowest BCUT2D eigenvalue weighted by Crippen LogP contribution is -2.31. The van der Waals surface area contributed by atoms with Crippen molar-refractivity contribution in [1.82, 2.24) is 0 Å². The number of hydrogen-bond donors (Lipinski definition) is 0. The van der Waals surface area contributed by atoms with Gasteiger partial charge < -0.3 is 14.2 Å². The maximum Gasteiger partial charge on any atom is 0.334 e. The van der Waals surface area contributed by atoms with Crippen molar-refractivity contribution >= 4 is 5.97 Å². The first-order valence-electron chi connectivity index (χ1n) is 6.59. The minimum atomic E-state index is -0.591. The second kappa shape index (κ2) is 6.68. The lowest BCUT2D eigenvalue weighted by molar-refractivity contribution is -0.184. The van der Waals surface area contributed by atoms with Gasteiger partial charge in [0.05, 0.1) is 13.7 Å². The van der Waals surface area contributed by atoms with E-state index in [0.717, 1.165) is 12.8 Å². The third kappa shape index (κ3) is 3.78. The predicted molar refractivity (Wildman–Crippen MR) is 70.6 cm³/mol. The molecule has 1 aliphatic rings. The van der Waals surface area contributed by atoms with Crippen LogP contribution in [-0.2, 0) is 25.4 Å². The SMILES string of the molecule is COC(=O)[C@H](C)O[C@@H]1OCC[C@H]1Cc1ccccc1. The Morgan fingerprint density at radius 1 is 1.42 bits per heavy atom. The van der Waals surface area contributed by atoms with E-state index in [2.05, 4.69) is 16.9 Å². The number of carbonyl (C=O) groups excluding carboxylic acids is 1. The number of ether oxygens (including phenoxy) is 3. The average molecular weight is 264 g/mol. The van der Waals surface area contributed by atoms with Crippen LogP contribution >= 0.6 is 0 Å². The molecule has 1 aromatic carbocycles. The Morgan fingerprint density at radius 2 is 2.16 bits per heavy atom. The van der Waals surface area contributed by atoms with Gasteiger partial charge in [-0.1, -0.05) is 30.3 Å². The lowest BCUT2D eigenvalue weighted by Gasteiger charge is -2.22. The smallest absolute Gasteiger partial charge is 0.334 e. The Bertz CT molecular complexity index is 404.